The first-order valence-corrected chi connectivity index (χ1v) is 8.37. The molecule has 2 aromatic heterocycles. The molecule has 0 radical (unpaired) electrons. The van der Waals surface area contributed by atoms with Crippen molar-refractivity contribution in [3.63, 3.8) is 0 Å². The van der Waals surface area contributed by atoms with E-state index in [1.165, 1.54) is 0 Å². The van der Waals surface area contributed by atoms with Crippen LogP contribution in [-0.4, -0.2) is 25.6 Å². The molecule has 0 aliphatic heterocycles. The van der Waals surface area contributed by atoms with E-state index in [0.29, 0.717) is 6.42 Å². The highest BCUT2D eigenvalue weighted by molar-refractivity contribution is 5.65. The van der Waals surface area contributed by atoms with Gasteiger partial charge in [0.2, 0.25) is 0 Å². The van der Waals surface area contributed by atoms with E-state index in [-0.39, 0.29) is 6.04 Å². The lowest BCUT2D eigenvalue weighted by Gasteiger charge is -2.11. The summed E-state index contributed by atoms with van der Waals surface area (Å²) in [6.45, 7) is 1.74. The van der Waals surface area contributed by atoms with Crippen LogP contribution in [0.15, 0.2) is 42.0 Å². The second-order valence-corrected chi connectivity index (χ2v) is 6.46. The van der Waals surface area contributed by atoms with E-state index in [2.05, 4.69) is 26.5 Å². The van der Waals surface area contributed by atoms with Crippen molar-refractivity contribution >= 4 is 17.2 Å². The Bertz CT molecular complexity index is 934. The van der Waals surface area contributed by atoms with Crippen molar-refractivity contribution in [1.29, 1.82) is 0 Å². The van der Waals surface area contributed by atoms with Crippen LogP contribution >= 0.6 is 0 Å². The summed E-state index contributed by atoms with van der Waals surface area (Å²) in [6.07, 6.45) is 6.84. The first-order chi connectivity index (χ1) is 12.2. The molecular formula is C18H19N5O2. The third kappa shape index (κ3) is 2.87. The van der Waals surface area contributed by atoms with Gasteiger partial charge in [-0.25, -0.2) is 4.98 Å². The number of aromatic nitrogens is 3. The maximum atomic E-state index is 10.9. The lowest BCUT2D eigenvalue weighted by atomic mass is 10.1. The number of aliphatic hydroxyl groups is 1. The Hall–Kier alpha value is -2.80. The van der Waals surface area contributed by atoms with Crippen molar-refractivity contribution in [2.75, 3.05) is 5.32 Å². The van der Waals surface area contributed by atoms with Crippen molar-refractivity contribution in [2.24, 2.45) is 5.18 Å². The molecule has 25 heavy (non-hydrogen) atoms. The average Bonchev–Trinajstić information content (AvgIpc) is 3.16. The molecule has 7 nitrogen and oxygen atoms in total. The van der Waals surface area contributed by atoms with Crippen molar-refractivity contribution in [3.05, 3.63) is 58.5 Å². The number of benzene rings is 1. The van der Waals surface area contributed by atoms with E-state index in [1.54, 1.807) is 19.3 Å². The molecule has 0 amide bonds. The number of imidazole rings is 1. The predicted octanol–water partition coefficient (Wildman–Crippen LogP) is 3.15. The van der Waals surface area contributed by atoms with Gasteiger partial charge in [0.1, 0.15) is 11.9 Å². The minimum atomic E-state index is -0.488. The summed E-state index contributed by atoms with van der Waals surface area (Å²) in [4.78, 5) is 19.6. The monoisotopic (exact) mass is 337 g/mol. The fraction of sp³-hybridized carbons (Fsp3) is 0.333. The number of hydrogen-bond acceptors (Lipinski definition) is 6. The van der Waals surface area contributed by atoms with Gasteiger partial charge in [0.05, 0.1) is 18.0 Å². The Morgan fingerprint density at radius 3 is 3.16 bits per heavy atom. The second-order valence-electron chi connectivity index (χ2n) is 6.46. The summed E-state index contributed by atoms with van der Waals surface area (Å²) in [6, 6.07) is 5.76. The molecule has 0 saturated heterocycles. The zero-order valence-electron chi connectivity index (χ0n) is 13.9. The fourth-order valence-electron chi connectivity index (χ4n) is 3.43. The molecule has 7 heteroatoms. The van der Waals surface area contributed by atoms with Crippen molar-refractivity contribution in [3.8, 4) is 0 Å². The average molecular weight is 337 g/mol. The van der Waals surface area contributed by atoms with Crippen LogP contribution in [0, 0.1) is 4.91 Å². The van der Waals surface area contributed by atoms with Crippen LogP contribution in [0.25, 0.3) is 5.65 Å². The fourth-order valence-corrected chi connectivity index (χ4v) is 3.43. The number of fused-ring (bicyclic) bond motifs is 2. The minimum absolute atomic E-state index is 0.225. The van der Waals surface area contributed by atoms with Gasteiger partial charge in [-0.2, -0.15) is 4.91 Å². The Morgan fingerprint density at radius 2 is 2.36 bits per heavy atom. The third-order valence-corrected chi connectivity index (χ3v) is 4.57. The number of rotatable bonds is 5. The van der Waals surface area contributed by atoms with Gasteiger partial charge < -0.3 is 10.4 Å². The summed E-state index contributed by atoms with van der Waals surface area (Å²) in [5, 5.41) is 16.4. The molecule has 0 saturated carbocycles. The van der Waals surface area contributed by atoms with Crippen LogP contribution in [0.4, 0.5) is 11.5 Å². The first kappa shape index (κ1) is 15.7. The van der Waals surface area contributed by atoms with E-state index in [4.69, 9.17) is 0 Å². The molecular weight excluding hydrogens is 318 g/mol. The van der Waals surface area contributed by atoms with E-state index >= 15 is 0 Å². The van der Waals surface area contributed by atoms with Gasteiger partial charge in [0, 0.05) is 24.5 Å². The van der Waals surface area contributed by atoms with Crippen LogP contribution in [0.1, 0.15) is 36.2 Å². The lowest BCUT2D eigenvalue weighted by Crippen LogP contribution is -2.07. The molecule has 1 aromatic carbocycles. The number of nitrogens with zero attached hydrogens (tertiary/aromatic N) is 4. The summed E-state index contributed by atoms with van der Waals surface area (Å²) >= 11 is 0. The number of aryl methyl sites for hydroxylation is 1. The lowest BCUT2D eigenvalue weighted by molar-refractivity contribution is 0.194. The highest BCUT2D eigenvalue weighted by Gasteiger charge is 2.23. The molecule has 128 valence electrons. The van der Waals surface area contributed by atoms with Gasteiger partial charge in [0.15, 0.2) is 5.65 Å². The standard InChI is InChI=1S/C18H19N5O2/c1-11(24)8-16-18(23-7-6-19-10-17(23)21-16)20-13-3-4-14-12(9-13)2-5-15(14)22-25/h3-4,6-7,9-11,15,20,24H,2,5,8H2,1H3. The van der Waals surface area contributed by atoms with E-state index in [0.717, 1.165) is 46.8 Å². The summed E-state index contributed by atoms with van der Waals surface area (Å²) in [5.41, 5.74) is 4.62. The van der Waals surface area contributed by atoms with Gasteiger partial charge in [-0.15, -0.1) is 0 Å². The Kier molecular flexibility index (Phi) is 3.93. The smallest absolute Gasteiger partial charge is 0.157 e. The molecule has 0 fully saturated rings. The molecule has 0 spiro atoms. The van der Waals surface area contributed by atoms with Crippen LogP contribution in [0.5, 0.6) is 0 Å². The zero-order chi connectivity index (χ0) is 17.4. The van der Waals surface area contributed by atoms with Crippen LogP contribution in [-0.2, 0) is 12.8 Å². The molecule has 1 aliphatic carbocycles. The molecule has 1 aliphatic rings. The first-order valence-electron chi connectivity index (χ1n) is 8.37. The predicted molar refractivity (Wildman–Crippen MR) is 95.0 cm³/mol. The normalized spacial score (nSPS) is 17.4. The van der Waals surface area contributed by atoms with Crippen molar-refractivity contribution < 1.29 is 5.11 Å². The van der Waals surface area contributed by atoms with Crippen molar-refractivity contribution in [1.82, 2.24) is 14.4 Å². The molecule has 2 N–H and O–H groups in total. The van der Waals surface area contributed by atoms with Gasteiger partial charge in [-0.1, -0.05) is 11.2 Å². The molecule has 2 heterocycles. The van der Waals surface area contributed by atoms with Gasteiger partial charge in [-0.05, 0) is 43.0 Å². The number of anilines is 2. The summed E-state index contributed by atoms with van der Waals surface area (Å²) in [5.74, 6) is 0.821. The molecule has 2 unspecified atom stereocenters. The second kappa shape index (κ2) is 6.25. The molecule has 2 atom stereocenters. The Morgan fingerprint density at radius 1 is 1.48 bits per heavy atom. The topological polar surface area (TPSA) is 91.9 Å². The quantitative estimate of drug-likeness (QED) is 0.698. The number of aliphatic hydroxyl groups excluding tert-OH is 1. The minimum Gasteiger partial charge on any atom is -0.393 e. The van der Waals surface area contributed by atoms with Crippen LogP contribution in [0.3, 0.4) is 0 Å². The van der Waals surface area contributed by atoms with Crippen LogP contribution in [0.2, 0.25) is 0 Å². The van der Waals surface area contributed by atoms with Crippen LogP contribution < -0.4 is 5.32 Å². The zero-order valence-corrected chi connectivity index (χ0v) is 13.9. The SMILES string of the molecule is CC(O)Cc1nc2cnccn2c1Nc1ccc2c(c1)CCC2N=O. The summed E-state index contributed by atoms with van der Waals surface area (Å²) < 4.78 is 1.92. The molecule has 3 aromatic rings. The van der Waals surface area contributed by atoms with Crippen molar-refractivity contribution in [2.45, 2.75) is 38.3 Å². The maximum Gasteiger partial charge on any atom is 0.157 e. The van der Waals surface area contributed by atoms with Gasteiger partial charge >= 0.3 is 0 Å². The highest BCUT2D eigenvalue weighted by atomic mass is 16.3. The van der Waals surface area contributed by atoms with E-state index in [1.807, 2.05) is 22.7 Å². The maximum absolute atomic E-state index is 10.9. The van der Waals surface area contributed by atoms with Gasteiger partial charge in [0.25, 0.3) is 0 Å². The number of nitroso groups, excluding NO2 is 1. The largest absolute Gasteiger partial charge is 0.393 e. The molecule has 4 rings (SSSR count). The Balaban J connectivity index is 1.72. The van der Waals surface area contributed by atoms with E-state index in [9.17, 15) is 10.0 Å². The van der Waals surface area contributed by atoms with E-state index < -0.39 is 6.10 Å². The molecule has 0 bridgehead atoms. The van der Waals surface area contributed by atoms with Gasteiger partial charge in [-0.3, -0.25) is 9.38 Å². The number of nitrogens with one attached hydrogen (secondary N) is 1. The highest BCUT2D eigenvalue weighted by Crippen LogP contribution is 2.36. The number of hydrogen-bond donors (Lipinski definition) is 2. The summed E-state index contributed by atoms with van der Waals surface area (Å²) in [7, 11) is 0. The Labute approximate surface area is 144 Å². The third-order valence-electron chi connectivity index (χ3n) is 4.57.